The first-order valence-corrected chi connectivity index (χ1v) is 7.21. The molecule has 0 bridgehead atoms. The number of hydrogen-bond donors (Lipinski definition) is 1. The number of alkyl halides is 3. The van der Waals surface area contributed by atoms with Gasteiger partial charge in [-0.15, -0.1) is 24.5 Å². The van der Waals surface area contributed by atoms with Gasteiger partial charge in [-0.1, -0.05) is 11.6 Å². The molecule has 0 saturated carbocycles. The number of aromatic nitrogens is 1. The SMILES string of the molecule is FC(F)(F)Oc1ccc(NCc2cnc(Cl)s2)c(Br)c1. The molecule has 0 atom stereocenters. The van der Waals surface area contributed by atoms with E-state index >= 15 is 0 Å². The molecule has 2 aromatic rings. The Labute approximate surface area is 129 Å². The number of anilines is 1. The molecule has 0 saturated heterocycles. The molecule has 0 aliphatic carbocycles. The van der Waals surface area contributed by atoms with E-state index in [0.29, 0.717) is 21.2 Å². The maximum atomic E-state index is 12.1. The minimum atomic E-state index is -4.70. The van der Waals surface area contributed by atoms with E-state index in [9.17, 15) is 13.2 Å². The van der Waals surface area contributed by atoms with Crippen LogP contribution in [-0.2, 0) is 6.54 Å². The van der Waals surface area contributed by atoms with Gasteiger partial charge in [0.25, 0.3) is 0 Å². The van der Waals surface area contributed by atoms with Crippen LogP contribution < -0.4 is 10.1 Å². The zero-order valence-corrected chi connectivity index (χ0v) is 12.8. The molecule has 1 aromatic heterocycles. The summed E-state index contributed by atoms with van der Waals surface area (Å²) >= 11 is 10.2. The first-order chi connectivity index (χ1) is 9.33. The molecule has 1 aromatic carbocycles. The van der Waals surface area contributed by atoms with E-state index in [2.05, 4.69) is 31.0 Å². The van der Waals surface area contributed by atoms with Crippen molar-refractivity contribution in [2.45, 2.75) is 12.9 Å². The van der Waals surface area contributed by atoms with Crippen LogP contribution in [-0.4, -0.2) is 11.3 Å². The van der Waals surface area contributed by atoms with Crippen LogP contribution in [0.15, 0.2) is 28.9 Å². The standard InChI is InChI=1S/C11H7BrClF3N2OS/c12-8-3-6(19-11(14,15)16)1-2-9(8)17-4-7-5-18-10(13)20-7/h1-3,5,17H,4H2. The van der Waals surface area contributed by atoms with Crippen LogP contribution in [0.1, 0.15) is 4.88 Å². The molecule has 0 aliphatic heterocycles. The summed E-state index contributed by atoms with van der Waals surface area (Å²) in [5.41, 5.74) is 0.643. The molecule has 0 unspecified atom stereocenters. The van der Waals surface area contributed by atoms with Gasteiger partial charge in [-0.2, -0.15) is 0 Å². The predicted octanol–water partition coefficient (Wildman–Crippen LogP) is 5.07. The number of nitrogens with zero attached hydrogens (tertiary/aromatic N) is 1. The Balaban J connectivity index is 2.02. The highest BCUT2D eigenvalue weighted by Crippen LogP contribution is 2.31. The van der Waals surface area contributed by atoms with E-state index < -0.39 is 6.36 Å². The van der Waals surface area contributed by atoms with E-state index in [4.69, 9.17) is 11.6 Å². The monoisotopic (exact) mass is 386 g/mol. The maximum absolute atomic E-state index is 12.1. The third-order valence-electron chi connectivity index (χ3n) is 2.15. The zero-order valence-electron chi connectivity index (χ0n) is 9.67. The number of ether oxygens (including phenoxy) is 1. The van der Waals surface area contributed by atoms with E-state index in [1.165, 1.54) is 29.5 Å². The van der Waals surface area contributed by atoms with Crippen LogP contribution in [0.2, 0.25) is 4.47 Å². The molecule has 1 N–H and O–H groups in total. The topological polar surface area (TPSA) is 34.1 Å². The van der Waals surface area contributed by atoms with Crippen molar-refractivity contribution in [1.29, 1.82) is 0 Å². The molecule has 0 amide bonds. The molecule has 0 aliphatic rings. The first kappa shape index (κ1) is 15.4. The van der Waals surface area contributed by atoms with Gasteiger partial charge in [0.2, 0.25) is 0 Å². The minimum absolute atomic E-state index is 0.282. The van der Waals surface area contributed by atoms with Gasteiger partial charge in [-0.3, -0.25) is 0 Å². The number of halogens is 5. The first-order valence-electron chi connectivity index (χ1n) is 5.23. The quantitative estimate of drug-likeness (QED) is 0.795. The second-order valence-electron chi connectivity index (χ2n) is 3.62. The molecule has 0 fully saturated rings. The zero-order chi connectivity index (χ0) is 14.8. The number of hydrogen-bond acceptors (Lipinski definition) is 4. The Bertz CT molecular complexity index is 606. The van der Waals surface area contributed by atoms with E-state index in [1.54, 1.807) is 6.20 Å². The second-order valence-corrected chi connectivity index (χ2v) is 6.17. The average molecular weight is 388 g/mol. The highest BCUT2D eigenvalue weighted by Gasteiger charge is 2.31. The predicted molar refractivity (Wildman–Crippen MR) is 75.3 cm³/mol. The summed E-state index contributed by atoms with van der Waals surface area (Å²) in [5.74, 6) is -0.282. The summed E-state index contributed by atoms with van der Waals surface area (Å²) in [4.78, 5) is 4.81. The van der Waals surface area contributed by atoms with E-state index in [0.717, 1.165) is 4.88 Å². The molecule has 1 heterocycles. The van der Waals surface area contributed by atoms with Crippen LogP contribution in [0, 0.1) is 0 Å². The van der Waals surface area contributed by atoms with Crippen molar-refractivity contribution in [3.8, 4) is 5.75 Å². The second kappa shape index (κ2) is 6.19. The Kier molecular flexibility index (Phi) is 4.77. The van der Waals surface area contributed by atoms with Gasteiger partial charge in [0.15, 0.2) is 4.47 Å². The van der Waals surface area contributed by atoms with Crippen molar-refractivity contribution in [2.75, 3.05) is 5.32 Å². The molecule has 9 heteroatoms. The summed E-state index contributed by atoms with van der Waals surface area (Å²) < 4.78 is 40.9. The number of nitrogens with one attached hydrogen (secondary N) is 1. The average Bonchev–Trinajstić information content (AvgIpc) is 2.72. The largest absolute Gasteiger partial charge is 0.573 e. The summed E-state index contributed by atoms with van der Waals surface area (Å²) in [7, 11) is 0. The number of benzene rings is 1. The van der Waals surface area contributed by atoms with E-state index in [1.807, 2.05) is 0 Å². The van der Waals surface area contributed by atoms with Crippen LogP contribution >= 0.6 is 38.9 Å². The van der Waals surface area contributed by atoms with Crippen molar-refractivity contribution in [1.82, 2.24) is 4.98 Å². The number of rotatable bonds is 4. The number of thiazole rings is 1. The van der Waals surface area contributed by atoms with Gasteiger partial charge in [0, 0.05) is 21.2 Å². The molecule has 0 spiro atoms. The Morgan fingerprint density at radius 1 is 1.40 bits per heavy atom. The van der Waals surface area contributed by atoms with Crippen molar-refractivity contribution in [2.24, 2.45) is 0 Å². The van der Waals surface area contributed by atoms with Gasteiger partial charge in [0.05, 0.1) is 6.54 Å². The molecular formula is C11H7BrClF3N2OS. The fraction of sp³-hybridized carbons (Fsp3) is 0.182. The lowest BCUT2D eigenvalue weighted by Gasteiger charge is -2.11. The lowest BCUT2D eigenvalue weighted by atomic mass is 10.3. The van der Waals surface area contributed by atoms with Gasteiger partial charge >= 0.3 is 6.36 Å². The summed E-state index contributed by atoms with van der Waals surface area (Å²) in [5, 5.41) is 3.06. The minimum Gasteiger partial charge on any atom is -0.406 e. The lowest BCUT2D eigenvalue weighted by molar-refractivity contribution is -0.274. The van der Waals surface area contributed by atoms with Gasteiger partial charge in [-0.05, 0) is 34.1 Å². The highest BCUT2D eigenvalue weighted by atomic mass is 79.9. The lowest BCUT2D eigenvalue weighted by Crippen LogP contribution is -2.17. The maximum Gasteiger partial charge on any atom is 0.573 e. The summed E-state index contributed by atoms with van der Waals surface area (Å²) in [6, 6.07) is 3.98. The molecule has 108 valence electrons. The third-order valence-corrected chi connectivity index (χ3v) is 3.92. The summed E-state index contributed by atoms with van der Waals surface area (Å²) in [6.45, 7) is 0.475. The summed E-state index contributed by atoms with van der Waals surface area (Å²) in [6.07, 6.45) is -3.07. The van der Waals surface area contributed by atoms with Gasteiger partial charge < -0.3 is 10.1 Å². The van der Waals surface area contributed by atoms with Gasteiger partial charge in [0.1, 0.15) is 5.75 Å². The molecule has 0 radical (unpaired) electrons. The fourth-order valence-corrected chi connectivity index (χ4v) is 2.80. The van der Waals surface area contributed by atoms with Crippen LogP contribution in [0.4, 0.5) is 18.9 Å². The molecule has 20 heavy (non-hydrogen) atoms. The van der Waals surface area contributed by atoms with Crippen LogP contribution in [0.25, 0.3) is 0 Å². The molecular weight excluding hydrogens is 381 g/mol. The Morgan fingerprint density at radius 3 is 2.70 bits per heavy atom. The smallest absolute Gasteiger partial charge is 0.406 e. The van der Waals surface area contributed by atoms with Crippen molar-refractivity contribution in [3.05, 3.63) is 38.2 Å². The third kappa shape index (κ3) is 4.53. The molecule has 3 nitrogen and oxygen atoms in total. The van der Waals surface area contributed by atoms with Crippen LogP contribution in [0.5, 0.6) is 5.75 Å². The van der Waals surface area contributed by atoms with Gasteiger partial charge in [-0.25, -0.2) is 4.98 Å². The Morgan fingerprint density at radius 2 is 2.15 bits per heavy atom. The normalized spacial score (nSPS) is 11.4. The van der Waals surface area contributed by atoms with Crippen molar-refractivity contribution >= 4 is 44.6 Å². The van der Waals surface area contributed by atoms with Crippen molar-refractivity contribution in [3.63, 3.8) is 0 Å². The van der Waals surface area contributed by atoms with E-state index in [-0.39, 0.29) is 5.75 Å². The van der Waals surface area contributed by atoms with Crippen LogP contribution in [0.3, 0.4) is 0 Å². The highest BCUT2D eigenvalue weighted by molar-refractivity contribution is 9.10. The molecule has 2 rings (SSSR count). The van der Waals surface area contributed by atoms with Crippen molar-refractivity contribution < 1.29 is 17.9 Å². The Hall–Kier alpha value is -0.990. The fourth-order valence-electron chi connectivity index (χ4n) is 1.38.